The van der Waals surface area contributed by atoms with E-state index in [1.165, 1.54) is 12.1 Å². The van der Waals surface area contributed by atoms with Gasteiger partial charge in [-0.1, -0.05) is 17.7 Å². The fraction of sp³-hybridized carbons (Fsp3) is 0.538. The number of hydrogen-bond donors (Lipinski definition) is 0. The van der Waals surface area contributed by atoms with Crippen LogP contribution in [-0.4, -0.2) is 45.7 Å². The topological polar surface area (TPSA) is 74.4 Å². The maximum Gasteiger partial charge on any atom is 0.297 e. The Bertz CT molecular complexity index is 625. The van der Waals surface area contributed by atoms with Gasteiger partial charge < -0.3 is 14.2 Å². The predicted octanol–water partition coefficient (Wildman–Crippen LogP) is 0.591. The average molecular weight is 298 g/mol. The summed E-state index contributed by atoms with van der Waals surface area (Å²) in [5.74, 6) is 0. The molecule has 108 valence electrons. The fourth-order valence-electron chi connectivity index (χ4n) is 2.65. The SMILES string of the molecule is Cc1ccc(S(=O)(=O)O[C@@H]2[C@@H]3OC[C@H](O3)[C@H]3O[C@@H]23)cc1. The van der Waals surface area contributed by atoms with Crippen molar-refractivity contribution in [3.63, 3.8) is 0 Å². The van der Waals surface area contributed by atoms with Crippen molar-refractivity contribution in [3.8, 4) is 0 Å². The molecule has 3 fully saturated rings. The molecule has 7 heteroatoms. The van der Waals surface area contributed by atoms with E-state index in [1.807, 2.05) is 6.92 Å². The molecule has 0 saturated carbocycles. The van der Waals surface area contributed by atoms with Gasteiger partial charge in [-0.05, 0) is 19.1 Å². The molecule has 0 aromatic heterocycles. The summed E-state index contributed by atoms with van der Waals surface area (Å²) in [5, 5.41) is 0. The van der Waals surface area contributed by atoms with Gasteiger partial charge in [-0.25, -0.2) is 0 Å². The highest BCUT2D eigenvalue weighted by Gasteiger charge is 2.63. The highest BCUT2D eigenvalue weighted by molar-refractivity contribution is 7.86. The number of rotatable bonds is 3. The molecular weight excluding hydrogens is 284 g/mol. The Hall–Kier alpha value is -0.990. The lowest BCUT2D eigenvalue weighted by Gasteiger charge is -2.23. The van der Waals surface area contributed by atoms with Crippen LogP contribution >= 0.6 is 0 Å². The van der Waals surface area contributed by atoms with E-state index in [0.717, 1.165) is 5.56 Å². The number of epoxide rings is 1. The molecule has 3 saturated heterocycles. The van der Waals surface area contributed by atoms with Gasteiger partial charge in [-0.15, -0.1) is 0 Å². The van der Waals surface area contributed by atoms with Crippen LogP contribution in [0.5, 0.6) is 0 Å². The molecule has 3 aliphatic heterocycles. The smallest absolute Gasteiger partial charge is 0.297 e. The van der Waals surface area contributed by atoms with E-state index in [-0.39, 0.29) is 23.2 Å². The third kappa shape index (κ3) is 1.97. The van der Waals surface area contributed by atoms with Crippen LogP contribution in [0.15, 0.2) is 29.2 Å². The Labute approximate surface area is 116 Å². The van der Waals surface area contributed by atoms with Crippen molar-refractivity contribution >= 4 is 10.1 Å². The number of aryl methyl sites for hydroxylation is 1. The second kappa shape index (κ2) is 4.25. The van der Waals surface area contributed by atoms with Gasteiger partial charge in [-0.3, -0.25) is 4.18 Å². The molecule has 3 aliphatic rings. The van der Waals surface area contributed by atoms with Crippen LogP contribution in [-0.2, 0) is 28.5 Å². The van der Waals surface area contributed by atoms with Crippen LogP contribution in [0, 0.1) is 6.92 Å². The quantitative estimate of drug-likeness (QED) is 0.600. The summed E-state index contributed by atoms with van der Waals surface area (Å²) < 4.78 is 46.2. The van der Waals surface area contributed by atoms with Crippen molar-refractivity contribution < 1.29 is 26.8 Å². The van der Waals surface area contributed by atoms with E-state index < -0.39 is 22.5 Å². The molecule has 0 unspecified atom stereocenters. The van der Waals surface area contributed by atoms with E-state index in [9.17, 15) is 8.42 Å². The molecule has 3 heterocycles. The van der Waals surface area contributed by atoms with E-state index in [4.69, 9.17) is 18.4 Å². The third-order valence-corrected chi connectivity index (χ3v) is 5.13. The Balaban J connectivity index is 1.57. The van der Waals surface area contributed by atoms with Gasteiger partial charge in [0, 0.05) is 0 Å². The Morgan fingerprint density at radius 1 is 1.15 bits per heavy atom. The minimum atomic E-state index is -3.85. The zero-order valence-corrected chi connectivity index (χ0v) is 11.6. The molecule has 0 spiro atoms. The Morgan fingerprint density at radius 2 is 1.90 bits per heavy atom. The first kappa shape index (κ1) is 12.7. The zero-order valence-electron chi connectivity index (χ0n) is 10.8. The van der Waals surface area contributed by atoms with Gasteiger partial charge in [0.1, 0.15) is 18.3 Å². The lowest BCUT2D eigenvalue weighted by atomic mass is 10.1. The molecule has 4 rings (SSSR count). The molecule has 20 heavy (non-hydrogen) atoms. The van der Waals surface area contributed by atoms with Crippen LogP contribution < -0.4 is 0 Å². The molecular formula is C13H14O6S. The van der Waals surface area contributed by atoms with Crippen molar-refractivity contribution in [1.82, 2.24) is 0 Å². The van der Waals surface area contributed by atoms with Gasteiger partial charge in [0.25, 0.3) is 10.1 Å². The van der Waals surface area contributed by atoms with Crippen molar-refractivity contribution in [2.75, 3.05) is 6.61 Å². The first-order valence-electron chi connectivity index (χ1n) is 6.47. The van der Waals surface area contributed by atoms with E-state index >= 15 is 0 Å². The van der Waals surface area contributed by atoms with Crippen molar-refractivity contribution in [2.45, 2.75) is 42.5 Å². The van der Waals surface area contributed by atoms with Gasteiger partial charge in [0.15, 0.2) is 12.4 Å². The van der Waals surface area contributed by atoms with Crippen molar-refractivity contribution in [3.05, 3.63) is 29.8 Å². The molecule has 0 N–H and O–H groups in total. The molecule has 1 aromatic carbocycles. The van der Waals surface area contributed by atoms with Crippen LogP contribution in [0.4, 0.5) is 0 Å². The van der Waals surface area contributed by atoms with Gasteiger partial charge in [0.05, 0.1) is 11.5 Å². The molecule has 5 atom stereocenters. The third-order valence-electron chi connectivity index (χ3n) is 3.80. The molecule has 0 radical (unpaired) electrons. The van der Waals surface area contributed by atoms with E-state index in [1.54, 1.807) is 12.1 Å². The minimum Gasteiger partial charge on any atom is -0.364 e. The first-order chi connectivity index (χ1) is 9.54. The first-order valence-corrected chi connectivity index (χ1v) is 7.88. The van der Waals surface area contributed by atoms with Crippen molar-refractivity contribution in [1.29, 1.82) is 0 Å². The molecule has 2 bridgehead atoms. The number of benzene rings is 1. The second-order valence-electron chi connectivity index (χ2n) is 5.27. The van der Waals surface area contributed by atoms with Crippen LogP contribution in [0.2, 0.25) is 0 Å². The highest BCUT2D eigenvalue weighted by atomic mass is 32.2. The van der Waals surface area contributed by atoms with E-state index in [0.29, 0.717) is 6.61 Å². The van der Waals surface area contributed by atoms with Crippen LogP contribution in [0.3, 0.4) is 0 Å². The maximum atomic E-state index is 12.3. The predicted molar refractivity (Wildman–Crippen MR) is 66.5 cm³/mol. The monoisotopic (exact) mass is 298 g/mol. The number of fused-ring (bicyclic) bond motifs is 4. The summed E-state index contributed by atoms with van der Waals surface area (Å²) in [4.78, 5) is 0.125. The van der Waals surface area contributed by atoms with E-state index in [2.05, 4.69) is 0 Å². The minimum absolute atomic E-state index is 0.0908. The van der Waals surface area contributed by atoms with Gasteiger partial charge in [-0.2, -0.15) is 8.42 Å². The summed E-state index contributed by atoms with van der Waals surface area (Å²) in [6.45, 7) is 2.32. The highest BCUT2D eigenvalue weighted by Crippen LogP contribution is 2.43. The molecule has 1 aromatic rings. The largest absolute Gasteiger partial charge is 0.364 e. The summed E-state index contributed by atoms with van der Waals surface area (Å²) in [7, 11) is -3.85. The normalized spacial score (nSPS) is 38.5. The lowest BCUT2D eigenvalue weighted by molar-refractivity contribution is -0.133. The van der Waals surface area contributed by atoms with Crippen molar-refractivity contribution in [2.24, 2.45) is 0 Å². The maximum absolute atomic E-state index is 12.3. The molecule has 6 nitrogen and oxygen atoms in total. The summed E-state index contributed by atoms with van der Waals surface area (Å²) in [6, 6.07) is 6.51. The zero-order chi connectivity index (χ0) is 13.9. The lowest BCUT2D eigenvalue weighted by Crippen LogP contribution is -2.42. The van der Waals surface area contributed by atoms with Crippen LogP contribution in [0.25, 0.3) is 0 Å². The van der Waals surface area contributed by atoms with Crippen LogP contribution in [0.1, 0.15) is 5.56 Å². The summed E-state index contributed by atoms with van der Waals surface area (Å²) >= 11 is 0. The standard InChI is InChI=1S/C13H14O6S/c1-7-2-4-8(5-3-7)20(14,15)19-12-11-10(18-11)9-6-16-13(12)17-9/h2-5,9-13H,6H2,1H3/t9-,10+,11+,12-,13+/m0/s1. The average Bonchev–Trinajstić information content (AvgIpc) is 3.09. The van der Waals surface area contributed by atoms with Gasteiger partial charge >= 0.3 is 0 Å². The molecule has 0 amide bonds. The number of ether oxygens (including phenoxy) is 3. The Morgan fingerprint density at radius 3 is 2.65 bits per heavy atom. The summed E-state index contributed by atoms with van der Waals surface area (Å²) in [6.07, 6.45) is -1.84. The molecule has 0 aliphatic carbocycles. The summed E-state index contributed by atoms with van der Waals surface area (Å²) in [5.41, 5.74) is 0.984. The fourth-order valence-corrected chi connectivity index (χ4v) is 3.72. The Kier molecular flexibility index (Phi) is 2.71. The number of hydrogen-bond acceptors (Lipinski definition) is 6. The second-order valence-corrected chi connectivity index (χ2v) is 6.84. The van der Waals surface area contributed by atoms with Gasteiger partial charge in [0.2, 0.25) is 0 Å².